The van der Waals surface area contributed by atoms with Gasteiger partial charge in [0.25, 0.3) is 6.35 Å². The predicted molar refractivity (Wildman–Crippen MR) is 76.3 cm³/mol. The van der Waals surface area contributed by atoms with Crippen LogP contribution in [0.4, 0.5) is 4.39 Å². The smallest absolute Gasteiger partial charge is 0.254 e. The summed E-state index contributed by atoms with van der Waals surface area (Å²) < 4.78 is 18.5. The first-order valence-corrected chi connectivity index (χ1v) is 6.37. The lowest BCUT2D eigenvalue weighted by Gasteiger charge is -2.18. The molecule has 0 aromatic heterocycles. The highest BCUT2D eigenvalue weighted by Gasteiger charge is 2.34. The molecule has 1 aromatic rings. The lowest BCUT2D eigenvalue weighted by atomic mass is 10.1. The van der Waals surface area contributed by atoms with Crippen LogP contribution in [0.5, 0.6) is 0 Å². The highest BCUT2D eigenvalue weighted by molar-refractivity contribution is 5.73. The Balaban J connectivity index is 2.10. The summed E-state index contributed by atoms with van der Waals surface area (Å²) in [7, 11) is 0. The van der Waals surface area contributed by atoms with Crippen molar-refractivity contribution in [2.24, 2.45) is 0 Å². The molecule has 0 radical (unpaired) electrons. The number of rotatable bonds is 3. The SMILES string of the molecule is C=C/C=C(\C)C1=C(c2ccc(F)cc2)NC2OC=CN12. The minimum absolute atomic E-state index is 0.238. The van der Waals surface area contributed by atoms with Crippen LogP contribution in [0.1, 0.15) is 12.5 Å². The molecule has 2 aliphatic rings. The van der Waals surface area contributed by atoms with E-state index in [4.69, 9.17) is 4.74 Å². The Morgan fingerprint density at radius 3 is 2.85 bits per heavy atom. The van der Waals surface area contributed by atoms with Gasteiger partial charge in [0.15, 0.2) is 0 Å². The molecule has 4 heteroatoms. The van der Waals surface area contributed by atoms with Crippen LogP contribution in [0.25, 0.3) is 5.70 Å². The molecule has 0 spiro atoms. The minimum Gasteiger partial charge on any atom is -0.458 e. The summed E-state index contributed by atoms with van der Waals surface area (Å²) in [4.78, 5) is 2.01. The molecule has 0 amide bonds. The van der Waals surface area contributed by atoms with Gasteiger partial charge in [0.05, 0.1) is 11.4 Å². The number of allylic oxidation sites excluding steroid dienone is 3. The van der Waals surface area contributed by atoms with Crippen molar-refractivity contribution in [3.8, 4) is 0 Å². The number of nitrogens with zero attached hydrogens (tertiary/aromatic N) is 1. The molecular formula is C16H15FN2O. The first kappa shape index (κ1) is 12.5. The Morgan fingerprint density at radius 1 is 1.40 bits per heavy atom. The van der Waals surface area contributed by atoms with Gasteiger partial charge in [0, 0.05) is 11.8 Å². The van der Waals surface area contributed by atoms with Gasteiger partial charge in [-0.1, -0.05) is 18.7 Å². The van der Waals surface area contributed by atoms with E-state index in [0.717, 1.165) is 22.5 Å². The fourth-order valence-corrected chi connectivity index (χ4v) is 2.43. The molecule has 0 saturated heterocycles. The maximum absolute atomic E-state index is 13.1. The molecule has 2 aliphatic heterocycles. The van der Waals surface area contributed by atoms with E-state index in [1.165, 1.54) is 12.1 Å². The summed E-state index contributed by atoms with van der Waals surface area (Å²) >= 11 is 0. The van der Waals surface area contributed by atoms with E-state index in [9.17, 15) is 4.39 Å². The standard InChI is InChI=1S/C16H15FN2O/c1-3-4-11(2)15-14(12-5-7-13(17)8-6-12)18-16-19(15)9-10-20-16/h3-10,16,18H,1H2,2H3/b11-4+. The van der Waals surface area contributed by atoms with Crippen LogP contribution in [0, 0.1) is 5.82 Å². The molecule has 0 fully saturated rings. The third-order valence-corrected chi connectivity index (χ3v) is 3.32. The lowest BCUT2D eigenvalue weighted by molar-refractivity contribution is 0.0765. The summed E-state index contributed by atoms with van der Waals surface area (Å²) in [6.45, 7) is 5.74. The van der Waals surface area contributed by atoms with E-state index in [2.05, 4.69) is 11.9 Å². The van der Waals surface area contributed by atoms with Crippen molar-refractivity contribution in [3.63, 3.8) is 0 Å². The van der Waals surface area contributed by atoms with Crippen molar-refractivity contribution in [2.45, 2.75) is 13.3 Å². The molecule has 0 aliphatic carbocycles. The van der Waals surface area contributed by atoms with Crippen molar-refractivity contribution >= 4 is 5.70 Å². The van der Waals surface area contributed by atoms with Gasteiger partial charge < -0.3 is 10.1 Å². The van der Waals surface area contributed by atoms with Gasteiger partial charge in [0.2, 0.25) is 0 Å². The quantitative estimate of drug-likeness (QED) is 0.853. The minimum atomic E-state index is -0.246. The third-order valence-electron chi connectivity index (χ3n) is 3.32. The van der Waals surface area contributed by atoms with E-state index in [-0.39, 0.29) is 12.2 Å². The molecule has 102 valence electrons. The second-order valence-electron chi connectivity index (χ2n) is 4.64. The van der Waals surface area contributed by atoms with Crippen LogP contribution in [0.15, 0.2) is 66.7 Å². The number of ether oxygens (including phenoxy) is 1. The van der Waals surface area contributed by atoms with Crippen LogP contribution in [0.3, 0.4) is 0 Å². The van der Waals surface area contributed by atoms with Crippen LogP contribution < -0.4 is 5.32 Å². The summed E-state index contributed by atoms with van der Waals surface area (Å²) in [6, 6.07) is 6.41. The zero-order chi connectivity index (χ0) is 14.1. The molecule has 3 nitrogen and oxygen atoms in total. The van der Waals surface area contributed by atoms with Crippen LogP contribution in [-0.4, -0.2) is 11.3 Å². The zero-order valence-electron chi connectivity index (χ0n) is 11.1. The van der Waals surface area contributed by atoms with Crippen LogP contribution in [-0.2, 0) is 4.74 Å². The summed E-state index contributed by atoms with van der Waals surface area (Å²) in [5.74, 6) is -0.246. The number of benzene rings is 1. The van der Waals surface area contributed by atoms with E-state index < -0.39 is 0 Å². The maximum atomic E-state index is 13.1. The maximum Gasteiger partial charge on any atom is 0.254 e. The highest BCUT2D eigenvalue weighted by atomic mass is 19.1. The van der Waals surface area contributed by atoms with Crippen molar-refractivity contribution in [1.82, 2.24) is 10.2 Å². The van der Waals surface area contributed by atoms with Gasteiger partial charge in [-0.05, 0) is 36.8 Å². The number of fused-ring (bicyclic) bond motifs is 1. The van der Waals surface area contributed by atoms with Crippen molar-refractivity contribution in [2.75, 3.05) is 0 Å². The normalized spacial score (nSPS) is 20.8. The third kappa shape index (κ3) is 1.99. The van der Waals surface area contributed by atoms with Crippen molar-refractivity contribution < 1.29 is 9.13 Å². The molecule has 1 atom stereocenters. The van der Waals surface area contributed by atoms with E-state index in [1.54, 1.807) is 24.5 Å². The second-order valence-corrected chi connectivity index (χ2v) is 4.64. The number of hydrogen-bond acceptors (Lipinski definition) is 3. The Bertz CT molecular complexity index is 628. The van der Waals surface area contributed by atoms with Crippen LogP contribution >= 0.6 is 0 Å². The van der Waals surface area contributed by atoms with Crippen LogP contribution in [0.2, 0.25) is 0 Å². The van der Waals surface area contributed by atoms with Gasteiger partial charge in [-0.2, -0.15) is 0 Å². The molecule has 1 unspecified atom stereocenters. The molecule has 2 heterocycles. The average molecular weight is 270 g/mol. The van der Waals surface area contributed by atoms with Gasteiger partial charge in [-0.15, -0.1) is 0 Å². The first-order valence-electron chi connectivity index (χ1n) is 6.37. The molecule has 0 saturated carbocycles. The Labute approximate surface area is 117 Å². The van der Waals surface area contributed by atoms with Crippen molar-refractivity contribution in [3.05, 3.63) is 78.1 Å². The first-order chi connectivity index (χ1) is 9.70. The summed E-state index contributed by atoms with van der Waals surface area (Å²) in [5, 5.41) is 3.30. The number of nitrogens with one attached hydrogen (secondary N) is 1. The summed E-state index contributed by atoms with van der Waals surface area (Å²) in [5.41, 5.74) is 3.92. The largest absolute Gasteiger partial charge is 0.458 e. The Hall–Kier alpha value is -2.49. The Kier molecular flexibility index (Phi) is 3.06. The molecule has 1 aromatic carbocycles. The second kappa shape index (κ2) is 4.89. The van der Waals surface area contributed by atoms with E-state index >= 15 is 0 Å². The zero-order valence-corrected chi connectivity index (χ0v) is 11.1. The highest BCUT2D eigenvalue weighted by Crippen LogP contribution is 2.35. The lowest BCUT2D eigenvalue weighted by Crippen LogP contribution is -2.31. The monoisotopic (exact) mass is 270 g/mol. The summed E-state index contributed by atoms with van der Waals surface area (Å²) in [6.07, 6.45) is 6.98. The van der Waals surface area contributed by atoms with Gasteiger partial charge in [-0.3, -0.25) is 4.90 Å². The van der Waals surface area contributed by atoms with Crippen molar-refractivity contribution in [1.29, 1.82) is 0 Å². The topological polar surface area (TPSA) is 24.5 Å². The van der Waals surface area contributed by atoms with E-state index in [1.807, 2.05) is 24.1 Å². The molecular weight excluding hydrogens is 255 g/mol. The molecule has 3 rings (SSSR count). The molecule has 1 N–H and O–H groups in total. The number of halogens is 1. The fraction of sp³-hybridized carbons (Fsp3) is 0.125. The number of hydrogen-bond donors (Lipinski definition) is 1. The predicted octanol–water partition coefficient (Wildman–Crippen LogP) is 3.32. The Morgan fingerprint density at radius 2 is 2.15 bits per heavy atom. The van der Waals surface area contributed by atoms with Gasteiger partial charge >= 0.3 is 0 Å². The van der Waals surface area contributed by atoms with Gasteiger partial charge in [0.1, 0.15) is 12.1 Å². The van der Waals surface area contributed by atoms with Gasteiger partial charge in [-0.25, -0.2) is 4.39 Å². The van der Waals surface area contributed by atoms with E-state index in [0.29, 0.717) is 0 Å². The molecule has 20 heavy (non-hydrogen) atoms. The fourth-order valence-electron chi connectivity index (χ4n) is 2.43. The average Bonchev–Trinajstić information content (AvgIpc) is 2.99. The molecule has 0 bridgehead atoms.